The number of allylic oxidation sites excluding steroid dienone is 4. The topological polar surface area (TPSA) is 12.9 Å². The predicted molar refractivity (Wildman–Crippen MR) is 102 cm³/mol. The van der Waals surface area contributed by atoms with E-state index in [1.165, 1.54) is 16.7 Å². The minimum atomic E-state index is 0.139. The quantitative estimate of drug-likeness (QED) is 0.591. The lowest BCUT2D eigenvalue weighted by Crippen LogP contribution is -2.11. The lowest BCUT2D eigenvalue weighted by Gasteiger charge is -2.20. The molecule has 0 spiro atoms. The van der Waals surface area contributed by atoms with Crippen molar-refractivity contribution in [3.05, 3.63) is 78.0 Å². The number of pyridine rings is 1. The van der Waals surface area contributed by atoms with E-state index in [0.29, 0.717) is 10.7 Å². The highest BCUT2D eigenvalue weighted by atomic mass is 79.9. The predicted octanol–water partition coefficient (Wildman–Crippen LogP) is 6.02. The summed E-state index contributed by atoms with van der Waals surface area (Å²) in [7, 11) is 0. The average Bonchev–Trinajstić information content (AvgIpc) is 2.55. The summed E-state index contributed by atoms with van der Waals surface area (Å²) in [5, 5.41) is 0. The molecule has 2 atom stereocenters. The minimum Gasteiger partial charge on any atom is -0.256 e. The molecule has 1 aliphatic carbocycles. The lowest BCUT2D eigenvalue weighted by atomic mass is 9.86. The summed E-state index contributed by atoms with van der Waals surface area (Å²) in [5.74, 6) is 0.392. The Balaban J connectivity index is 1.88. The highest BCUT2D eigenvalue weighted by Gasteiger charge is 2.18. The standard InChI is InChI=1S/C21H22BrN/c1-21(2,3)17-12-13-23-20(14-17)16-10-8-15(9-11-16)18-6-4-5-7-19(18)22/h4-14,18-19H,1-3H3. The number of benzene rings is 1. The molecule has 0 aliphatic heterocycles. The van der Waals surface area contributed by atoms with Gasteiger partial charge in [-0.3, -0.25) is 4.98 Å². The first-order valence-corrected chi connectivity index (χ1v) is 8.93. The number of aromatic nitrogens is 1. The molecule has 1 heterocycles. The van der Waals surface area contributed by atoms with E-state index in [1.54, 1.807) is 0 Å². The first-order chi connectivity index (χ1) is 10.9. The fraction of sp³-hybridized carbons (Fsp3) is 0.286. The number of alkyl halides is 1. The number of rotatable bonds is 2. The number of hydrogen-bond acceptors (Lipinski definition) is 1. The first-order valence-electron chi connectivity index (χ1n) is 8.01. The van der Waals surface area contributed by atoms with Crippen LogP contribution < -0.4 is 0 Å². The molecule has 2 unspecified atom stereocenters. The zero-order chi connectivity index (χ0) is 16.4. The molecule has 23 heavy (non-hydrogen) atoms. The monoisotopic (exact) mass is 367 g/mol. The Hall–Kier alpha value is -1.67. The van der Waals surface area contributed by atoms with Crippen molar-refractivity contribution in [1.29, 1.82) is 0 Å². The summed E-state index contributed by atoms with van der Waals surface area (Å²) in [6, 6.07) is 13.1. The van der Waals surface area contributed by atoms with Crippen molar-refractivity contribution < 1.29 is 0 Å². The number of halogens is 1. The normalized spacial score (nSPS) is 20.7. The molecule has 118 valence electrons. The van der Waals surface area contributed by atoms with Crippen LogP contribution >= 0.6 is 15.9 Å². The van der Waals surface area contributed by atoms with Crippen LogP contribution in [-0.4, -0.2) is 9.81 Å². The second-order valence-corrected chi connectivity index (χ2v) is 8.10. The molecule has 0 radical (unpaired) electrons. The highest BCUT2D eigenvalue weighted by Crippen LogP contribution is 2.32. The van der Waals surface area contributed by atoms with E-state index in [9.17, 15) is 0 Å². The smallest absolute Gasteiger partial charge is 0.0704 e. The molecule has 0 fully saturated rings. The molecule has 0 saturated heterocycles. The Kier molecular flexibility index (Phi) is 4.54. The van der Waals surface area contributed by atoms with Gasteiger partial charge in [-0.1, -0.05) is 85.3 Å². The van der Waals surface area contributed by atoms with Gasteiger partial charge in [0.15, 0.2) is 0 Å². The van der Waals surface area contributed by atoms with Gasteiger partial charge in [0.1, 0.15) is 0 Å². The third-order valence-electron chi connectivity index (χ3n) is 4.28. The van der Waals surface area contributed by atoms with Crippen molar-refractivity contribution in [3.63, 3.8) is 0 Å². The van der Waals surface area contributed by atoms with E-state index in [4.69, 9.17) is 0 Å². The highest BCUT2D eigenvalue weighted by molar-refractivity contribution is 9.09. The summed E-state index contributed by atoms with van der Waals surface area (Å²) < 4.78 is 0. The van der Waals surface area contributed by atoms with E-state index in [-0.39, 0.29) is 5.41 Å². The minimum absolute atomic E-state index is 0.139. The maximum Gasteiger partial charge on any atom is 0.0704 e. The molecule has 3 rings (SSSR count). The zero-order valence-electron chi connectivity index (χ0n) is 13.8. The van der Waals surface area contributed by atoms with Gasteiger partial charge in [0, 0.05) is 22.5 Å². The maximum atomic E-state index is 4.55. The SMILES string of the molecule is CC(C)(C)c1ccnc(-c2ccc(C3C=CC=CC3Br)cc2)c1. The summed E-state index contributed by atoms with van der Waals surface area (Å²) >= 11 is 3.74. The van der Waals surface area contributed by atoms with Crippen LogP contribution in [0.25, 0.3) is 11.3 Å². The van der Waals surface area contributed by atoms with E-state index in [1.807, 2.05) is 6.20 Å². The van der Waals surface area contributed by atoms with Crippen LogP contribution in [0.2, 0.25) is 0 Å². The Morgan fingerprint density at radius 3 is 2.30 bits per heavy atom. The van der Waals surface area contributed by atoms with Gasteiger partial charge in [-0.15, -0.1) is 0 Å². The Labute approximate surface area is 147 Å². The third kappa shape index (κ3) is 3.64. The summed E-state index contributed by atoms with van der Waals surface area (Å²) in [5.41, 5.74) is 4.98. The second kappa shape index (κ2) is 6.45. The van der Waals surface area contributed by atoms with Gasteiger partial charge in [0.2, 0.25) is 0 Å². The molecule has 1 aromatic heterocycles. The largest absolute Gasteiger partial charge is 0.256 e. The molecule has 0 amide bonds. The lowest BCUT2D eigenvalue weighted by molar-refractivity contribution is 0.589. The van der Waals surface area contributed by atoms with Gasteiger partial charge in [-0.05, 0) is 28.7 Å². The molecule has 0 saturated carbocycles. The molecule has 2 aromatic rings. The van der Waals surface area contributed by atoms with Crippen molar-refractivity contribution in [2.75, 3.05) is 0 Å². The molecule has 1 nitrogen and oxygen atoms in total. The zero-order valence-corrected chi connectivity index (χ0v) is 15.4. The molecule has 2 heteroatoms. The Morgan fingerprint density at radius 1 is 0.957 bits per heavy atom. The molecular weight excluding hydrogens is 346 g/mol. The number of nitrogens with zero attached hydrogens (tertiary/aromatic N) is 1. The van der Waals surface area contributed by atoms with Gasteiger partial charge >= 0.3 is 0 Å². The Bertz CT molecular complexity index is 735. The van der Waals surface area contributed by atoms with Crippen molar-refractivity contribution in [1.82, 2.24) is 4.98 Å². The second-order valence-electron chi connectivity index (χ2n) is 7.04. The van der Waals surface area contributed by atoms with Crippen molar-refractivity contribution in [3.8, 4) is 11.3 Å². The fourth-order valence-corrected chi connectivity index (χ4v) is 3.46. The molecular formula is C21H22BrN. The molecule has 1 aromatic carbocycles. The van der Waals surface area contributed by atoms with E-state index in [2.05, 4.69) is 102 Å². The van der Waals surface area contributed by atoms with Crippen molar-refractivity contribution >= 4 is 15.9 Å². The van der Waals surface area contributed by atoms with Crippen LogP contribution in [0.5, 0.6) is 0 Å². The van der Waals surface area contributed by atoms with Gasteiger partial charge < -0.3 is 0 Å². The average molecular weight is 368 g/mol. The van der Waals surface area contributed by atoms with Crippen LogP contribution in [0.4, 0.5) is 0 Å². The summed E-state index contributed by atoms with van der Waals surface area (Å²) in [4.78, 5) is 4.91. The van der Waals surface area contributed by atoms with Crippen molar-refractivity contribution in [2.24, 2.45) is 0 Å². The van der Waals surface area contributed by atoms with Crippen LogP contribution in [0.3, 0.4) is 0 Å². The summed E-state index contributed by atoms with van der Waals surface area (Å²) in [6.07, 6.45) is 10.5. The van der Waals surface area contributed by atoms with Gasteiger partial charge in [-0.2, -0.15) is 0 Å². The molecule has 0 N–H and O–H groups in total. The van der Waals surface area contributed by atoms with E-state index < -0.39 is 0 Å². The van der Waals surface area contributed by atoms with E-state index >= 15 is 0 Å². The maximum absolute atomic E-state index is 4.55. The van der Waals surface area contributed by atoms with E-state index in [0.717, 1.165) is 5.69 Å². The van der Waals surface area contributed by atoms with Crippen molar-refractivity contribution in [2.45, 2.75) is 36.9 Å². The van der Waals surface area contributed by atoms with Gasteiger partial charge in [0.05, 0.1) is 5.69 Å². The first kappa shape index (κ1) is 16.2. The molecule has 1 aliphatic rings. The van der Waals surface area contributed by atoms with Crippen LogP contribution in [0.1, 0.15) is 37.8 Å². The Morgan fingerprint density at radius 2 is 1.65 bits per heavy atom. The van der Waals surface area contributed by atoms with Crippen LogP contribution in [0, 0.1) is 0 Å². The fourth-order valence-electron chi connectivity index (χ4n) is 2.81. The number of hydrogen-bond donors (Lipinski definition) is 0. The third-order valence-corrected chi connectivity index (χ3v) is 5.16. The summed E-state index contributed by atoms with van der Waals surface area (Å²) in [6.45, 7) is 6.69. The molecule has 0 bridgehead atoms. The van der Waals surface area contributed by atoms with Gasteiger partial charge in [0.25, 0.3) is 0 Å². The van der Waals surface area contributed by atoms with Gasteiger partial charge in [-0.25, -0.2) is 0 Å². The van der Waals surface area contributed by atoms with Crippen LogP contribution in [0.15, 0.2) is 66.9 Å². The van der Waals surface area contributed by atoms with Crippen LogP contribution in [-0.2, 0) is 5.41 Å².